The molecule has 5 nitrogen and oxygen atoms in total. The topological polar surface area (TPSA) is 56.8 Å². The summed E-state index contributed by atoms with van der Waals surface area (Å²) in [6.45, 7) is 1.94. The minimum atomic E-state index is -4.53. The number of hydrogen-bond donors (Lipinski definition) is 1. The highest BCUT2D eigenvalue weighted by atomic mass is 19.4. The molecule has 0 aromatic heterocycles. The summed E-state index contributed by atoms with van der Waals surface area (Å²) in [5, 5.41) is 2.42. The van der Waals surface area contributed by atoms with Crippen molar-refractivity contribution in [2.45, 2.75) is 13.1 Å². The first-order valence-electron chi connectivity index (χ1n) is 8.33. The summed E-state index contributed by atoms with van der Waals surface area (Å²) in [5.41, 5.74) is -0.282. The highest BCUT2D eigenvalue weighted by molar-refractivity contribution is 6.02. The zero-order chi connectivity index (χ0) is 20.7. The molecular formula is C20H20F3NO4. The molecule has 0 unspecified atom stereocenters. The summed E-state index contributed by atoms with van der Waals surface area (Å²) in [5.74, 6) is 0.578. The molecule has 150 valence electrons. The minimum absolute atomic E-state index is 0.0568. The Morgan fingerprint density at radius 3 is 2.32 bits per heavy atom. The van der Waals surface area contributed by atoms with Crippen molar-refractivity contribution in [1.29, 1.82) is 0 Å². The number of benzene rings is 2. The fourth-order valence-electron chi connectivity index (χ4n) is 2.39. The third-order valence-corrected chi connectivity index (χ3v) is 3.70. The summed E-state index contributed by atoms with van der Waals surface area (Å²) in [6.07, 6.45) is -1.82. The SMILES string of the molecule is CCOc1ccc(C(F)(F)F)cc1NC(=O)C=Cc1ccc(OC)c(OC)c1. The third-order valence-electron chi connectivity index (χ3n) is 3.70. The Morgan fingerprint density at radius 1 is 1.04 bits per heavy atom. The van der Waals surface area contributed by atoms with Gasteiger partial charge in [0, 0.05) is 6.08 Å². The Labute approximate surface area is 160 Å². The molecule has 8 heteroatoms. The van der Waals surface area contributed by atoms with Crippen molar-refractivity contribution in [3.05, 3.63) is 53.6 Å². The zero-order valence-corrected chi connectivity index (χ0v) is 15.6. The van der Waals surface area contributed by atoms with Crippen molar-refractivity contribution in [2.75, 3.05) is 26.1 Å². The second-order valence-corrected chi connectivity index (χ2v) is 5.58. The van der Waals surface area contributed by atoms with Crippen molar-refractivity contribution in [3.8, 4) is 17.2 Å². The number of nitrogens with one attached hydrogen (secondary N) is 1. The lowest BCUT2D eigenvalue weighted by Gasteiger charge is -2.14. The first kappa shape index (κ1) is 21.1. The van der Waals surface area contributed by atoms with E-state index in [0.717, 1.165) is 12.1 Å². The first-order valence-corrected chi connectivity index (χ1v) is 8.33. The fraction of sp³-hybridized carbons (Fsp3) is 0.250. The van der Waals surface area contributed by atoms with Gasteiger partial charge in [0.25, 0.3) is 0 Å². The maximum Gasteiger partial charge on any atom is 0.416 e. The molecule has 1 N–H and O–H groups in total. The van der Waals surface area contributed by atoms with Crippen LogP contribution in [0.1, 0.15) is 18.1 Å². The molecule has 0 saturated heterocycles. The molecule has 0 fully saturated rings. The van der Waals surface area contributed by atoms with Crippen LogP contribution in [0.4, 0.5) is 18.9 Å². The molecule has 0 aliphatic carbocycles. The van der Waals surface area contributed by atoms with Gasteiger partial charge in [-0.2, -0.15) is 13.2 Å². The van der Waals surface area contributed by atoms with E-state index in [0.29, 0.717) is 17.1 Å². The highest BCUT2D eigenvalue weighted by Crippen LogP contribution is 2.35. The van der Waals surface area contributed by atoms with E-state index in [1.54, 1.807) is 25.1 Å². The molecule has 0 atom stereocenters. The Kier molecular flexibility index (Phi) is 6.92. The van der Waals surface area contributed by atoms with E-state index in [2.05, 4.69) is 5.32 Å². The van der Waals surface area contributed by atoms with Crippen LogP contribution in [0.25, 0.3) is 6.08 Å². The van der Waals surface area contributed by atoms with E-state index in [9.17, 15) is 18.0 Å². The number of amides is 1. The number of ether oxygens (including phenoxy) is 3. The molecule has 28 heavy (non-hydrogen) atoms. The van der Waals surface area contributed by atoms with Crippen LogP contribution < -0.4 is 19.5 Å². The summed E-state index contributed by atoms with van der Waals surface area (Å²) in [6, 6.07) is 7.98. The van der Waals surface area contributed by atoms with Crippen molar-refractivity contribution in [3.63, 3.8) is 0 Å². The van der Waals surface area contributed by atoms with Gasteiger partial charge in [0.05, 0.1) is 32.1 Å². The van der Waals surface area contributed by atoms with Gasteiger partial charge in [-0.25, -0.2) is 0 Å². The quantitative estimate of drug-likeness (QED) is 0.686. The summed E-state index contributed by atoms with van der Waals surface area (Å²) in [7, 11) is 2.99. The van der Waals surface area contributed by atoms with Gasteiger partial charge in [-0.3, -0.25) is 4.79 Å². The predicted molar refractivity (Wildman–Crippen MR) is 99.8 cm³/mol. The number of carbonyl (C=O) groups is 1. The lowest BCUT2D eigenvalue weighted by molar-refractivity contribution is -0.137. The van der Waals surface area contributed by atoms with Crippen LogP contribution >= 0.6 is 0 Å². The Hall–Kier alpha value is -3.16. The van der Waals surface area contributed by atoms with Gasteiger partial charge in [-0.15, -0.1) is 0 Å². The number of hydrogen-bond acceptors (Lipinski definition) is 4. The summed E-state index contributed by atoms with van der Waals surface area (Å²) >= 11 is 0. The summed E-state index contributed by atoms with van der Waals surface area (Å²) in [4.78, 5) is 12.2. The molecule has 2 aromatic carbocycles. The molecule has 0 aliphatic heterocycles. The van der Waals surface area contributed by atoms with Gasteiger partial charge in [-0.1, -0.05) is 6.07 Å². The number of anilines is 1. The van der Waals surface area contributed by atoms with Crippen LogP contribution in [-0.2, 0) is 11.0 Å². The maximum absolute atomic E-state index is 12.9. The van der Waals surface area contributed by atoms with Gasteiger partial charge >= 0.3 is 6.18 Å². The smallest absolute Gasteiger partial charge is 0.416 e. The first-order chi connectivity index (χ1) is 13.3. The van der Waals surface area contributed by atoms with Crippen molar-refractivity contribution in [2.24, 2.45) is 0 Å². The number of halogens is 3. The molecule has 2 rings (SSSR count). The minimum Gasteiger partial charge on any atom is -0.493 e. The monoisotopic (exact) mass is 395 g/mol. The molecule has 0 saturated carbocycles. The fourth-order valence-corrected chi connectivity index (χ4v) is 2.39. The molecule has 1 amide bonds. The Balaban J connectivity index is 2.21. The van der Waals surface area contributed by atoms with Crippen LogP contribution in [-0.4, -0.2) is 26.7 Å². The zero-order valence-electron chi connectivity index (χ0n) is 15.6. The van der Waals surface area contributed by atoms with Crippen LogP contribution in [0.2, 0.25) is 0 Å². The van der Waals surface area contributed by atoms with E-state index in [1.165, 1.54) is 32.4 Å². The van der Waals surface area contributed by atoms with Gasteiger partial charge in [0.1, 0.15) is 5.75 Å². The van der Waals surface area contributed by atoms with Crippen LogP contribution in [0.3, 0.4) is 0 Å². The Bertz CT molecular complexity index is 863. The lowest BCUT2D eigenvalue weighted by Crippen LogP contribution is -2.12. The van der Waals surface area contributed by atoms with Gasteiger partial charge in [-0.05, 0) is 48.9 Å². The van der Waals surface area contributed by atoms with Gasteiger partial charge in [0.15, 0.2) is 11.5 Å². The number of rotatable bonds is 7. The molecule has 0 bridgehead atoms. The summed E-state index contributed by atoms with van der Waals surface area (Å²) < 4.78 is 54.4. The van der Waals surface area contributed by atoms with E-state index in [4.69, 9.17) is 14.2 Å². The van der Waals surface area contributed by atoms with Crippen LogP contribution in [0.5, 0.6) is 17.2 Å². The van der Waals surface area contributed by atoms with Crippen molar-refractivity contribution >= 4 is 17.7 Å². The van der Waals surface area contributed by atoms with Crippen molar-refractivity contribution in [1.82, 2.24) is 0 Å². The van der Waals surface area contributed by atoms with E-state index in [1.807, 2.05) is 0 Å². The molecule has 0 heterocycles. The average Bonchev–Trinajstić information content (AvgIpc) is 2.66. The molecule has 0 spiro atoms. The van der Waals surface area contributed by atoms with E-state index >= 15 is 0 Å². The standard InChI is InChI=1S/C20H20F3NO4/c1-4-28-16-9-7-14(20(21,22)23)12-15(16)24-19(25)10-6-13-5-8-17(26-2)18(11-13)27-3/h5-12H,4H2,1-3H3,(H,24,25). The highest BCUT2D eigenvalue weighted by Gasteiger charge is 2.31. The van der Waals surface area contributed by atoms with Gasteiger partial charge < -0.3 is 19.5 Å². The molecular weight excluding hydrogens is 375 g/mol. The second kappa shape index (κ2) is 9.16. The normalized spacial score (nSPS) is 11.4. The molecule has 2 aromatic rings. The van der Waals surface area contributed by atoms with Gasteiger partial charge in [0.2, 0.25) is 5.91 Å². The van der Waals surface area contributed by atoms with Crippen molar-refractivity contribution < 1.29 is 32.2 Å². The molecule has 0 aliphatic rings. The maximum atomic E-state index is 12.9. The van der Waals surface area contributed by atoms with Crippen LogP contribution in [0, 0.1) is 0 Å². The van der Waals surface area contributed by atoms with Crippen LogP contribution in [0.15, 0.2) is 42.5 Å². The molecule has 0 radical (unpaired) electrons. The third kappa shape index (κ3) is 5.42. The number of carbonyl (C=O) groups excluding carboxylic acids is 1. The lowest BCUT2D eigenvalue weighted by atomic mass is 10.1. The number of alkyl halides is 3. The van der Waals surface area contributed by atoms with E-state index < -0.39 is 17.6 Å². The Morgan fingerprint density at radius 2 is 1.71 bits per heavy atom. The predicted octanol–water partition coefficient (Wildman–Crippen LogP) is 4.77. The van der Waals surface area contributed by atoms with E-state index in [-0.39, 0.29) is 18.0 Å². The average molecular weight is 395 g/mol. The largest absolute Gasteiger partial charge is 0.493 e. The second-order valence-electron chi connectivity index (χ2n) is 5.58. The number of methoxy groups -OCH3 is 2.